The molecule has 0 aliphatic carbocycles. The van der Waals surface area contributed by atoms with Gasteiger partial charge < -0.3 is 5.73 Å². The lowest BCUT2D eigenvalue weighted by atomic mass is 9.73. The highest BCUT2D eigenvalue weighted by Crippen LogP contribution is 2.34. The van der Waals surface area contributed by atoms with E-state index in [0.717, 1.165) is 11.0 Å². The first kappa shape index (κ1) is 13.7. The molecule has 0 aromatic heterocycles. The molecule has 1 rings (SSSR count). The van der Waals surface area contributed by atoms with Gasteiger partial charge in [-0.2, -0.15) is 0 Å². The van der Waals surface area contributed by atoms with Crippen molar-refractivity contribution >= 4 is 15.9 Å². The molecule has 0 unspecified atom stereocenters. The Hall–Kier alpha value is -0.340. The first-order valence-electron chi connectivity index (χ1n) is 6.14. The van der Waals surface area contributed by atoms with Crippen LogP contribution in [-0.4, -0.2) is 6.54 Å². The second-order valence-electron chi connectivity index (χ2n) is 4.49. The van der Waals surface area contributed by atoms with E-state index in [2.05, 4.69) is 54.0 Å². The molecule has 2 N–H and O–H groups in total. The third-order valence-electron chi connectivity index (χ3n) is 3.30. The summed E-state index contributed by atoms with van der Waals surface area (Å²) in [5, 5.41) is 0. The third kappa shape index (κ3) is 3.08. The van der Waals surface area contributed by atoms with Gasteiger partial charge in [0, 0.05) is 16.4 Å². The standard InChI is InChI=1S/C14H22BrN/c1-3-9-14(11-16,10-4-2)12-5-7-13(15)8-6-12/h5-8H,3-4,9-11,16H2,1-2H3. The van der Waals surface area contributed by atoms with Crippen molar-refractivity contribution in [3.8, 4) is 0 Å². The van der Waals surface area contributed by atoms with Gasteiger partial charge in [-0.15, -0.1) is 0 Å². The highest BCUT2D eigenvalue weighted by Gasteiger charge is 2.28. The molecule has 2 heteroatoms. The fraction of sp³-hybridized carbons (Fsp3) is 0.571. The van der Waals surface area contributed by atoms with E-state index in [1.807, 2.05) is 0 Å². The molecule has 0 bridgehead atoms. The second-order valence-corrected chi connectivity index (χ2v) is 5.41. The molecule has 0 fully saturated rings. The van der Waals surface area contributed by atoms with Gasteiger partial charge in [0.1, 0.15) is 0 Å². The van der Waals surface area contributed by atoms with E-state index in [4.69, 9.17) is 5.73 Å². The van der Waals surface area contributed by atoms with Crippen LogP contribution >= 0.6 is 15.9 Å². The first-order chi connectivity index (χ1) is 7.68. The molecule has 0 saturated heterocycles. The van der Waals surface area contributed by atoms with Crippen LogP contribution in [0.5, 0.6) is 0 Å². The molecular weight excluding hydrogens is 262 g/mol. The summed E-state index contributed by atoms with van der Waals surface area (Å²) >= 11 is 3.48. The van der Waals surface area contributed by atoms with Gasteiger partial charge in [-0.3, -0.25) is 0 Å². The Kier molecular flexibility index (Phi) is 5.50. The molecule has 0 radical (unpaired) electrons. The molecule has 16 heavy (non-hydrogen) atoms. The van der Waals surface area contributed by atoms with E-state index in [9.17, 15) is 0 Å². The average Bonchev–Trinajstić information content (AvgIpc) is 2.29. The number of hydrogen-bond donors (Lipinski definition) is 1. The van der Waals surface area contributed by atoms with Crippen molar-refractivity contribution in [3.63, 3.8) is 0 Å². The molecule has 0 amide bonds. The zero-order valence-electron chi connectivity index (χ0n) is 10.3. The van der Waals surface area contributed by atoms with Crippen LogP contribution in [0.25, 0.3) is 0 Å². The maximum absolute atomic E-state index is 6.04. The monoisotopic (exact) mass is 283 g/mol. The number of nitrogens with two attached hydrogens (primary N) is 1. The maximum atomic E-state index is 6.04. The predicted octanol–water partition coefficient (Wildman–Crippen LogP) is 4.25. The zero-order valence-corrected chi connectivity index (χ0v) is 11.9. The molecule has 0 aliphatic heterocycles. The van der Waals surface area contributed by atoms with Crippen molar-refractivity contribution in [2.45, 2.75) is 44.9 Å². The lowest BCUT2D eigenvalue weighted by molar-refractivity contribution is 0.365. The summed E-state index contributed by atoms with van der Waals surface area (Å²) in [6, 6.07) is 8.65. The predicted molar refractivity (Wildman–Crippen MR) is 74.7 cm³/mol. The molecule has 90 valence electrons. The maximum Gasteiger partial charge on any atom is 0.0175 e. The van der Waals surface area contributed by atoms with E-state index < -0.39 is 0 Å². The normalized spacial score (nSPS) is 11.8. The van der Waals surface area contributed by atoms with Gasteiger partial charge in [0.15, 0.2) is 0 Å². The summed E-state index contributed by atoms with van der Waals surface area (Å²) in [4.78, 5) is 0. The van der Waals surface area contributed by atoms with Gasteiger partial charge in [0.05, 0.1) is 0 Å². The van der Waals surface area contributed by atoms with Gasteiger partial charge in [0.25, 0.3) is 0 Å². The van der Waals surface area contributed by atoms with Crippen LogP contribution in [-0.2, 0) is 5.41 Å². The van der Waals surface area contributed by atoms with Crippen molar-refractivity contribution in [2.75, 3.05) is 6.54 Å². The van der Waals surface area contributed by atoms with Gasteiger partial charge in [-0.1, -0.05) is 54.8 Å². The van der Waals surface area contributed by atoms with Gasteiger partial charge in [0.2, 0.25) is 0 Å². The zero-order chi connectivity index (χ0) is 12.0. The van der Waals surface area contributed by atoms with E-state index in [1.165, 1.54) is 31.2 Å². The minimum atomic E-state index is 0.185. The van der Waals surface area contributed by atoms with Gasteiger partial charge in [-0.25, -0.2) is 0 Å². The lowest BCUT2D eigenvalue weighted by Gasteiger charge is -2.33. The van der Waals surface area contributed by atoms with Crippen molar-refractivity contribution in [3.05, 3.63) is 34.3 Å². The highest BCUT2D eigenvalue weighted by molar-refractivity contribution is 9.10. The molecule has 0 aliphatic rings. The Bertz CT molecular complexity index is 299. The Balaban J connectivity index is 3.02. The van der Waals surface area contributed by atoms with Crippen molar-refractivity contribution in [2.24, 2.45) is 5.73 Å². The van der Waals surface area contributed by atoms with Crippen LogP contribution in [0.3, 0.4) is 0 Å². The number of hydrogen-bond acceptors (Lipinski definition) is 1. The molecular formula is C14H22BrN. The topological polar surface area (TPSA) is 26.0 Å². The van der Waals surface area contributed by atoms with Crippen molar-refractivity contribution < 1.29 is 0 Å². The Morgan fingerprint density at radius 2 is 1.56 bits per heavy atom. The fourth-order valence-electron chi connectivity index (χ4n) is 2.50. The van der Waals surface area contributed by atoms with Crippen LogP contribution in [0.4, 0.5) is 0 Å². The van der Waals surface area contributed by atoms with Crippen LogP contribution in [0.1, 0.15) is 45.1 Å². The first-order valence-corrected chi connectivity index (χ1v) is 6.94. The lowest BCUT2D eigenvalue weighted by Crippen LogP contribution is -2.35. The SMILES string of the molecule is CCCC(CN)(CCC)c1ccc(Br)cc1. The average molecular weight is 284 g/mol. The summed E-state index contributed by atoms with van der Waals surface area (Å²) in [6.07, 6.45) is 4.73. The van der Waals surface area contributed by atoms with Crippen LogP contribution in [0, 0.1) is 0 Å². The molecule has 0 saturated carbocycles. The Morgan fingerprint density at radius 3 is 1.94 bits per heavy atom. The van der Waals surface area contributed by atoms with Gasteiger partial charge >= 0.3 is 0 Å². The fourth-order valence-corrected chi connectivity index (χ4v) is 2.76. The highest BCUT2D eigenvalue weighted by atomic mass is 79.9. The van der Waals surface area contributed by atoms with Crippen LogP contribution in [0.2, 0.25) is 0 Å². The Labute approximate surface area is 108 Å². The molecule has 1 aromatic rings. The van der Waals surface area contributed by atoms with E-state index in [1.54, 1.807) is 0 Å². The van der Waals surface area contributed by atoms with Gasteiger partial charge in [-0.05, 0) is 30.5 Å². The summed E-state index contributed by atoms with van der Waals surface area (Å²) < 4.78 is 1.13. The molecule has 1 nitrogen and oxygen atoms in total. The smallest absolute Gasteiger partial charge is 0.0175 e. The number of halogens is 1. The third-order valence-corrected chi connectivity index (χ3v) is 3.83. The summed E-state index contributed by atoms with van der Waals surface area (Å²) in [5.74, 6) is 0. The van der Waals surface area contributed by atoms with E-state index >= 15 is 0 Å². The van der Waals surface area contributed by atoms with Crippen LogP contribution < -0.4 is 5.73 Å². The minimum Gasteiger partial charge on any atom is -0.330 e. The number of rotatable bonds is 6. The van der Waals surface area contributed by atoms with Crippen molar-refractivity contribution in [1.29, 1.82) is 0 Å². The quantitative estimate of drug-likeness (QED) is 0.830. The molecule has 0 spiro atoms. The molecule has 1 aromatic carbocycles. The summed E-state index contributed by atoms with van der Waals surface area (Å²) in [6.45, 7) is 5.22. The van der Waals surface area contributed by atoms with Crippen LogP contribution in [0.15, 0.2) is 28.7 Å². The minimum absolute atomic E-state index is 0.185. The Morgan fingerprint density at radius 1 is 1.06 bits per heavy atom. The largest absolute Gasteiger partial charge is 0.330 e. The summed E-state index contributed by atoms with van der Waals surface area (Å²) in [7, 11) is 0. The van der Waals surface area contributed by atoms with E-state index in [0.29, 0.717) is 0 Å². The second kappa shape index (κ2) is 6.41. The molecule has 0 heterocycles. The van der Waals surface area contributed by atoms with E-state index in [-0.39, 0.29) is 5.41 Å². The molecule has 0 atom stereocenters. The summed E-state index contributed by atoms with van der Waals surface area (Å²) in [5.41, 5.74) is 7.61. The number of benzene rings is 1. The van der Waals surface area contributed by atoms with Crippen molar-refractivity contribution in [1.82, 2.24) is 0 Å².